The molecule has 2 aromatic rings. The first-order valence-corrected chi connectivity index (χ1v) is 9.33. The summed E-state index contributed by atoms with van der Waals surface area (Å²) in [5, 5.41) is 2.86. The number of amides is 2. The van der Waals surface area contributed by atoms with E-state index in [0.29, 0.717) is 31.5 Å². The minimum Gasteiger partial charge on any atom is -0.497 e. The van der Waals surface area contributed by atoms with Gasteiger partial charge in [0.1, 0.15) is 5.75 Å². The Kier molecular flexibility index (Phi) is 7.86. The van der Waals surface area contributed by atoms with Crippen molar-refractivity contribution in [3.63, 3.8) is 0 Å². The standard InChI is InChI=1S/C22H28N2O3/c1-4-24(17(2)19-12-8-13-20(16-19)27-3)21(25)14-9-15-23-22(26)18-10-6-5-7-11-18/h5-8,10-13,16-17H,4,9,14-15H2,1-3H3,(H,23,26). The van der Waals surface area contributed by atoms with Crippen LogP contribution in [0.5, 0.6) is 5.75 Å². The fourth-order valence-corrected chi connectivity index (χ4v) is 3.02. The van der Waals surface area contributed by atoms with Gasteiger partial charge in [-0.15, -0.1) is 0 Å². The van der Waals surface area contributed by atoms with Crippen molar-refractivity contribution in [2.24, 2.45) is 0 Å². The van der Waals surface area contributed by atoms with Gasteiger partial charge in [0.2, 0.25) is 5.91 Å². The van der Waals surface area contributed by atoms with Gasteiger partial charge in [0.15, 0.2) is 0 Å². The van der Waals surface area contributed by atoms with Gasteiger partial charge in [0, 0.05) is 25.1 Å². The number of hydrogen-bond acceptors (Lipinski definition) is 3. The van der Waals surface area contributed by atoms with Crippen LogP contribution in [0.3, 0.4) is 0 Å². The molecule has 2 amide bonds. The van der Waals surface area contributed by atoms with Crippen LogP contribution in [0.4, 0.5) is 0 Å². The molecule has 0 aliphatic rings. The van der Waals surface area contributed by atoms with Crippen LogP contribution in [0.15, 0.2) is 54.6 Å². The van der Waals surface area contributed by atoms with Gasteiger partial charge in [-0.05, 0) is 50.1 Å². The summed E-state index contributed by atoms with van der Waals surface area (Å²) in [5.74, 6) is 0.758. The van der Waals surface area contributed by atoms with Gasteiger partial charge in [-0.1, -0.05) is 30.3 Å². The second-order valence-corrected chi connectivity index (χ2v) is 6.36. The first kappa shape index (κ1) is 20.5. The molecule has 0 fully saturated rings. The van der Waals surface area contributed by atoms with Gasteiger partial charge < -0.3 is 15.0 Å². The van der Waals surface area contributed by atoms with E-state index >= 15 is 0 Å². The summed E-state index contributed by atoms with van der Waals surface area (Å²) in [7, 11) is 1.64. The predicted molar refractivity (Wildman–Crippen MR) is 107 cm³/mol. The Morgan fingerprint density at radius 3 is 2.52 bits per heavy atom. The Morgan fingerprint density at radius 1 is 1.11 bits per heavy atom. The average Bonchev–Trinajstić information content (AvgIpc) is 2.72. The van der Waals surface area contributed by atoms with Crippen LogP contribution in [-0.2, 0) is 4.79 Å². The number of rotatable bonds is 9. The average molecular weight is 368 g/mol. The lowest BCUT2D eigenvalue weighted by Gasteiger charge is -2.29. The first-order chi connectivity index (χ1) is 13.1. The monoisotopic (exact) mass is 368 g/mol. The number of hydrogen-bond donors (Lipinski definition) is 1. The highest BCUT2D eigenvalue weighted by molar-refractivity contribution is 5.94. The van der Waals surface area contributed by atoms with Gasteiger partial charge >= 0.3 is 0 Å². The van der Waals surface area contributed by atoms with Crippen LogP contribution in [0.1, 0.15) is 48.7 Å². The molecule has 5 heteroatoms. The molecule has 0 heterocycles. The Balaban J connectivity index is 1.84. The lowest BCUT2D eigenvalue weighted by molar-refractivity contribution is -0.133. The van der Waals surface area contributed by atoms with Crippen LogP contribution >= 0.6 is 0 Å². The van der Waals surface area contributed by atoms with Gasteiger partial charge in [-0.3, -0.25) is 9.59 Å². The van der Waals surface area contributed by atoms with Crippen molar-refractivity contribution in [2.45, 2.75) is 32.7 Å². The molecule has 2 aromatic carbocycles. The summed E-state index contributed by atoms with van der Waals surface area (Å²) in [5.41, 5.74) is 1.67. The largest absolute Gasteiger partial charge is 0.497 e. The molecule has 5 nitrogen and oxygen atoms in total. The molecule has 0 aromatic heterocycles. The van der Waals surface area contributed by atoms with Gasteiger partial charge in [0.25, 0.3) is 5.91 Å². The number of nitrogens with zero attached hydrogens (tertiary/aromatic N) is 1. The van der Waals surface area contributed by atoms with Crippen molar-refractivity contribution in [2.75, 3.05) is 20.2 Å². The molecule has 2 rings (SSSR count). The highest BCUT2D eigenvalue weighted by atomic mass is 16.5. The van der Waals surface area contributed by atoms with Crippen molar-refractivity contribution in [3.8, 4) is 5.75 Å². The van der Waals surface area contributed by atoms with Crippen molar-refractivity contribution in [1.29, 1.82) is 0 Å². The van der Waals surface area contributed by atoms with Crippen molar-refractivity contribution in [3.05, 3.63) is 65.7 Å². The molecule has 1 unspecified atom stereocenters. The van der Waals surface area contributed by atoms with Crippen molar-refractivity contribution in [1.82, 2.24) is 10.2 Å². The van der Waals surface area contributed by atoms with Gasteiger partial charge in [0.05, 0.1) is 13.2 Å². The Bertz CT molecular complexity index is 746. The quantitative estimate of drug-likeness (QED) is 0.685. The molecule has 0 aliphatic carbocycles. The lowest BCUT2D eigenvalue weighted by Crippen LogP contribution is -2.34. The molecule has 1 atom stereocenters. The van der Waals surface area contributed by atoms with Crippen LogP contribution in [0.25, 0.3) is 0 Å². The van der Waals surface area contributed by atoms with E-state index in [2.05, 4.69) is 5.32 Å². The summed E-state index contributed by atoms with van der Waals surface area (Å²) in [6, 6.07) is 16.8. The molecule has 27 heavy (non-hydrogen) atoms. The van der Waals surface area contributed by atoms with E-state index in [9.17, 15) is 9.59 Å². The van der Waals surface area contributed by atoms with E-state index in [1.807, 2.05) is 61.2 Å². The van der Waals surface area contributed by atoms with Crippen LogP contribution in [-0.4, -0.2) is 36.9 Å². The first-order valence-electron chi connectivity index (χ1n) is 9.33. The van der Waals surface area contributed by atoms with Gasteiger partial charge in [-0.2, -0.15) is 0 Å². The zero-order valence-corrected chi connectivity index (χ0v) is 16.3. The summed E-state index contributed by atoms with van der Waals surface area (Å²) in [4.78, 5) is 26.5. The molecule has 0 saturated heterocycles. The van der Waals surface area contributed by atoms with Gasteiger partial charge in [-0.25, -0.2) is 0 Å². The number of ether oxygens (including phenoxy) is 1. The third kappa shape index (κ3) is 5.84. The van der Waals surface area contributed by atoms with E-state index in [4.69, 9.17) is 4.74 Å². The Hall–Kier alpha value is -2.82. The molecular weight excluding hydrogens is 340 g/mol. The highest BCUT2D eigenvalue weighted by Crippen LogP contribution is 2.24. The fourth-order valence-electron chi connectivity index (χ4n) is 3.02. The Morgan fingerprint density at radius 2 is 1.85 bits per heavy atom. The third-order valence-corrected chi connectivity index (χ3v) is 4.59. The van der Waals surface area contributed by atoms with Crippen molar-refractivity contribution >= 4 is 11.8 Å². The van der Waals surface area contributed by atoms with E-state index < -0.39 is 0 Å². The smallest absolute Gasteiger partial charge is 0.251 e. The lowest BCUT2D eigenvalue weighted by atomic mass is 10.1. The molecule has 1 N–H and O–H groups in total. The van der Waals surface area contributed by atoms with E-state index in [0.717, 1.165) is 11.3 Å². The second kappa shape index (κ2) is 10.4. The molecular formula is C22H28N2O3. The SMILES string of the molecule is CCN(C(=O)CCCNC(=O)c1ccccc1)C(C)c1cccc(OC)c1. The van der Waals surface area contributed by atoms with Crippen LogP contribution < -0.4 is 10.1 Å². The van der Waals surface area contributed by atoms with Crippen LogP contribution in [0, 0.1) is 0 Å². The number of nitrogens with one attached hydrogen (secondary N) is 1. The maximum absolute atomic E-state index is 12.6. The molecule has 0 aliphatic heterocycles. The number of carbonyl (C=O) groups excluding carboxylic acids is 2. The zero-order chi connectivity index (χ0) is 19.6. The molecule has 0 bridgehead atoms. The van der Waals surface area contributed by atoms with E-state index in [1.165, 1.54) is 0 Å². The highest BCUT2D eigenvalue weighted by Gasteiger charge is 2.20. The topological polar surface area (TPSA) is 58.6 Å². The third-order valence-electron chi connectivity index (χ3n) is 4.59. The van der Waals surface area contributed by atoms with Crippen molar-refractivity contribution < 1.29 is 14.3 Å². The number of carbonyl (C=O) groups is 2. The van der Waals surface area contributed by atoms with Crippen LogP contribution in [0.2, 0.25) is 0 Å². The van der Waals surface area contributed by atoms with E-state index in [-0.39, 0.29) is 17.9 Å². The van der Waals surface area contributed by atoms with E-state index in [1.54, 1.807) is 19.2 Å². The second-order valence-electron chi connectivity index (χ2n) is 6.36. The Labute approximate surface area is 161 Å². The summed E-state index contributed by atoms with van der Waals surface area (Å²) in [6.45, 7) is 5.11. The summed E-state index contributed by atoms with van der Waals surface area (Å²) < 4.78 is 5.27. The molecule has 0 spiro atoms. The number of methoxy groups -OCH3 is 1. The molecule has 0 radical (unpaired) electrons. The minimum absolute atomic E-state index is 0.0310. The normalized spacial score (nSPS) is 11.5. The fraction of sp³-hybridized carbons (Fsp3) is 0.364. The minimum atomic E-state index is -0.111. The molecule has 0 saturated carbocycles. The number of benzene rings is 2. The maximum Gasteiger partial charge on any atom is 0.251 e. The zero-order valence-electron chi connectivity index (χ0n) is 16.3. The maximum atomic E-state index is 12.6. The molecule has 144 valence electrons. The predicted octanol–water partition coefficient (Wildman–Crippen LogP) is 3.81. The summed E-state index contributed by atoms with van der Waals surface area (Å²) >= 11 is 0. The summed E-state index contributed by atoms with van der Waals surface area (Å²) in [6.07, 6.45) is 1.01.